The zero-order valence-corrected chi connectivity index (χ0v) is 70.3. The fourth-order valence-electron chi connectivity index (χ4n) is 17.6. The zero-order valence-electron chi connectivity index (χ0n) is 66.2. The van der Waals surface area contributed by atoms with Gasteiger partial charge in [-0.2, -0.15) is 0 Å². The molecule has 5 aliphatic heterocycles. The van der Waals surface area contributed by atoms with E-state index in [1.807, 2.05) is 54.1 Å². The van der Waals surface area contributed by atoms with Gasteiger partial charge in [0, 0.05) is 96.4 Å². The molecular weight excluding hydrogens is 1540 g/mol. The number of carbonyl (C=O) groups is 6. The molecule has 2 N–H and O–H groups in total. The van der Waals surface area contributed by atoms with Crippen LogP contribution in [0.3, 0.4) is 0 Å². The van der Waals surface area contributed by atoms with Crippen LogP contribution in [0, 0.1) is 53.3 Å². The number of Topliss-reactive ketones (excluding diaryl/α,β-unsaturated/α-hetero) is 2. The van der Waals surface area contributed by atoms with Crippen molar-refractivity contribution in [2.45, 2.75) is 224 Å². The maximum atomic E-state index is 14.6. The molecule has 5 saturated heterocycles. The minimum Gasteiger partial charge on any atom is -0.496 e. The molecule has 608 valence electrons. The quantitative estimate of drug-likeness (QED) is 0.0382. The van der Waals surface area contributed by atoms with Crippen molar-refractivity contribution in [2.75, 3.05) is 46.6 Å². The van der Waals surface area contributed by atoms with Gasteiger partial charge in [0.05, 0.1) is 88.2 Å². The van der Waals surface area contributed by atoms with Gasteiger partial charge < -0.3 is 33.5 Å². The minimum atomic E-state index is -3.83. The largest absolute Gasteiger partial charge is 0.496 e. The lowest BCUT2D eigenvalue weighted by Crippen LogP contribution is -2.54. The number of ether oxygens (including phenoxy) is 5. The summed E-state index contributed by atoms with van der Waals surface area (Å²) in [5.41, 5.74) is 2.80. The summed E-state index contributed by atoms with van der Waals surface area (Å²) in [5.74, 6) is -0.164. The van der Waals surface area contributed by atoms with E-state index in [2.05, 4.69) is 82.9 Å². The van der Waals surface area contributed by atoms with Gasteiger partial charge in [0.15, 0.2) is 11.6 Å². The third-order valence-electron chi connectivity index (χ3n) is 25.6. The van der Waals surface area contributed by atoms with Gasteiger partial charge in [-0.05, 0) is 131 Å². The van der Waals surface area contributed by atoms with Gasteiger partial charge in [0.2, 0.25) is 43.7 Å². The van der Waals surface area contributed by atoms with E-state index in [0.29, 0.717) is 139 Å². The molecule has 9 heterocycles. The second kappa shape index (κ2) is 32.9. The molecule has 9 fully saturated rings. The van der Waals surface area contributed by atoms with Crippen LogP contribution in [0.2, 0.25) is 5.02 Å². The minimum absolute atomic E-state index is 0.0595. The lowest BCUT2D eigenvalue weighted by Gasteiger charge is -2.40. The highest BCUT2D eigenvalue weighted by Gasteiger charge is 2.64. The predicted molar refractivity (Wildman–Crippen MR) is 435 cm³/mol. The number of aromatic nitrogens is 4. The van der Waals surface area contributed by atoms with E-state index in [4.69, 9.17) is 55.2 Å². The lowest BCUT2D eigenvalue weighted by molar-refractivity contribution is -0.149. The summed E-state index contributed by atoms with van der Waals surface area (Å²) in [6, 6.07) is 8.87. The van der Waals surface area contributed by atoms with Crippen molar-refractivity contribution < 1.29 is 69.3 Å². The highest BCUT2D eigenvalue weighted by molar-refractivity contribution is 7.91. The van der Waals surface area contributed by atoms with Crippen molar-refractivity contribution in [3.8, 4) is 44.4 Å². The molecule has 6 aromatic rings. The average Bonchev–Trinajstić information content (AvgIpc) is 1.58. The molecule has 2 aromatic carbocycles. The molecule has 4 aromatic heterocycles. The molecule has 0 radical (unpaired) electrons. The molecule has 15 rings (SSSR count). The van der Waals surface area contributed by atoms with Crippen LogP contribution in [0.25, 0.3) is 43.2 Å². The summed E-state index contributed by atoms with van der Waals surface area (Å²) < 4.78 is 87.1. The maximum absolute atomic E-state index is 14.6. The fourth-order valence-corrected chi connectivity index (χ4v) is 22.5. The Hall–Kier alpha value is -7.47. The number of nitrogens with one attached hydrogen (secondary N) is 2. The van der Waals surface area contributed by atoms with Crippen LogP contribution in [0.4, 0.5) is 0 Å². The van der Waals surface area contributed by atoms with E-state index in [-0.39, 0.29) is 102 Å². The molecule has 29 heteroatoms. The normalized spacial score (nSPS) is 27.4. The van der Waals surface area contributed by atoms with Crippen LogP contribution in [0.15, 0.2) is 72.5 Å². The first-order valence-corrected chi connectivity index (χ1v) is 45.6. The number of morpholine rings is 1. The molecule has 9 aliphatic rings. The number of sulfonamides is 2. The van der Waals surface area contributed by atoms with E-state index >= 15 is 0 Å². The number of rotatable bonds is 31. The fraction of sp³-hybridized carbons (Fsp3) is 0.595. The monoisotopic (exact) mass is 1640 g/mol. The van der Waals surface area contributed by atoms with Crippen LogP contribution in [-0.2, 0) is 53.6 Å². The van der Waals surface area contributed by atoms with E-state index in [1.165, 1.54) is 22.7 Å². The van der Waals surface area contributed by atoms with Crippen molar-refractivity contribution in [2.24, 2.45) is 46.3 Å². The molecule has 113 heavy (non-hydrogen) atoms. The highest BCUT2D eigenvalue weighted by Crippen LogP contribution is 2.59. The maximum Gasteiger partial charge on any atom is 0.240 e. The molecular formula is C84H106ClN9O15S4. The third kappa shape index (κ3) is 16.4. The summed E-state index contributed by atoms with van der Waals surface area (Å²) in [6.07, 6.45) is 9.24. The highest BCUT2D eigenvalue weighted by atomic mass is 35.5. The van der Waals surface area contributed by atoms with Crippen LogP contribution < -0.4 is 28.4 Å². The number of amides is 4. The number of thiazole rings is 2. The molecule has 4 amide bonds. The van der Waals surface area contributed by atoms with Gasteiger partial charge in [-0.3, -0.25) is 43.1 Å². The number of hydrogen-bond acceptors (Lipinski definition) is 22. The first kappa shape index (κ1) is 82.1. The third-order valence-corrected chi connectivity index (χ3v) is 31.3. The Morgan fingerprint density at radius 3 is 1.49 bits per heavy atom. The number of ketones is 2. The van der Waals surface area contributed by atoms with E-state index < -0.39 is 83.5 Å². The zero-order chi connectivity index (χ0) is 80.5. The predicted octanol–water partition coefficient (Wildman–Crippen LogP) is 13.5. The molecule has 4 saturated carbocycles. The Balaban J connectivity index is 0.000000189. The van der Waals surface area contributed by atoms with Gasteiger partial charge in [0.25, 0.3) is 0 Å². The van der Waals surface area contributed by atoms with Crippen LogP contribution in [-0.4, -0.2) is 180 Å². The number of carbonyl (C=O) groups excluding carboxylic acids is 6. The first-order chi connectivity index (χ1) is 54.0. The number of hydrogen-bond donors (Lipinski definition) is 2. The summed E-state index contributed by atoms with van der Waals surface area (Å²) in [7, 11) is -6.01. The Morgan fingerprint density at radius 1 is 0.637 bits per heavy atom. The Kier molecular flexibility index (Phi) is 23.9. The second-order valence-electron chi connectivity index (χ2n) is 33.5. The number of benzene rings is 2. The summed E-state index contributed by atoms with van der Waals surface area (Å²) in [6.45, 7) is 30.6. The van der Waals surface area contributed by atoms with Crippen LogP contribution in [0.1, 0.15) is 187 Å². The number of aryl methyl sites for hydroxylation is 1. The van der Waals surface area contributed by atoms with E-state index in [0.717, 1.165) is 65.3 Å². The lowest BCUT2D eigenvalue weighted by atomic mass is 9.81. The average molecular weight is 1650 g/mol. The van der Waals surface area contributed by atoms with Gasteiger partial charge in [-0.1, -0.05) is 92.0 Å². The molecule has 24 nitrogen and oxygen atoms in total. The molecule has 4 aliphatic carbocycles. The summed E-state index contributed by atoms with van der Waals surface area (Å²) >= 11 is 10.1. The number of allylic oxidation sites excluding steroid dienone is 2. The second-order valence-corrected chi connectivity index (χ2v) is 39.5. The van der Waals surface area contributed by atoms with Crippen molar-refractivity contribution in [3.63, 3.8) is 0 Å². The number of nitrogens with zero attached hydrogens (tertiary/aromatic N) is 7. The Bertz CT molecular complexity index is 4940. The smallest absolute Gasteiger partial charge is 0.240 e. The number of methoxy groups -OCH3 is 1. The summed E-state index contributed by atoms with van der Waals surface area (Å²) in [5, 5.41) is 6.18. The number of halogens is 1. The standard InChI is InChI=1S/C44H56ClN5O8S2.C40H50N4O7S2/c1-6-26(5)29-10-12-33-38(21-34(50(33)42(29)52)35(51)23-44(22-27(44)7-2)43(53)48-60(54,55)28-8-9-28)58-37-20-31(41-47-32(24-59-41)25(3)4)46-40-30(37)11-13-36(39(40)45)57-19-16-49-14-17-56-18-15-49;1-8-22(5)26-12-14-30-35(51-34-16-28(37-42-29(20-52-37)21(3)4)41-36-23(6)33(50-7)15-13-27(34)36)17-31(44(30)38(26)46)32(45)19-40(18-24(40)9-2)39(47)43-53(48,49)25-10-11-25/h7,11,13,20,24-29,33-34,38H,2,6,8-10,12,14-19,21-23H2,1,3-5H3,(H,48,53);9,13,15-16,20-22,24-26,30-31,35H,2,8,10-12,14,17-19H2,1,3-7H3,(H,43,47)/t26-,27+,29+,33+,34-,38+,44+;22-,24-,26-,30-,31+,35-,40-/m01/s1. The van der Waals surface area contributed by atoms with Gasteiger partial charge >= 0.3 is 0 Å². The van der Waals surface area contributed by atoms with Crippen molar-refractivity contribution in [1.82, 2.24) is 44.1 Å². The van der Waals surface area contributed by atoms with E-state index in [1.54, 1.807) is 29.1 Å². The topological polar surface area (TPSA) is 302 Å². The van der Waals surface area contributed by atoms with Gasteiger partial charge in [-0.15, -0.1) is 35.8 Å². The van der Waals surface area contributed by atoms with E-state index in [9.17, 15) is 45.6 Å². The van der Waals surface area contributed by atoms with Crippen LogP contribution in [0.5, 0.6) is 23.0 Å². The molecule has 14 atom stereocenters. The molecule has 0 bridgehead atoms. The summed E-state index contributed by atoms with van der Waals surface area (Å²) in [4.78, 5) is 111. The van der Waals surface area contributed by atoms with Gasteiger partial charge in [-0.25, -0.2) is 36.8 Å². The number of fused-ring (bicyclic) bond motifs is 4. The molecule has 0 spiro atoms. The Labute approximate surface area is 675 Å². The SMILES string of the molecule is C=C[C@@H]1C[C@]1(CC(=O)[C@@H]1C[C@@H](Oc2cc(-c3nc(C(C)C)cs3)nc3c(C)c(OC)ccc23)[C@H]2CC[C@H]([C@H](C)CC)C(=O)N21)C(=O)NS(=O)(=O)C1CC1.C=C[C@@H]1C[C@]1(CC(=O)[C@@H]1C[C@@H](Oc2cc(-c3nc(C(C)C)cs3)nc3c(Cl)c(OCCN4CCOCC4)ccc23)[C@H]2CC[C@H]([C@@H](C)CC)C(=O)N21)C(=O)NS(=O)(=O)C1CC1. The number of pyridine rings is 2. The van der Waals surface area contributed by atoms with Crippen molar-refractivity contribution in [3.05, 3.63) is 94.4 Å². The van der Waals surface area contributed by atoms with Gasteiger partial charge in [0.1, 0.15) is 68.2 Å². The van der Waals surface area contributed by atoms with Crippen molar-refractivity contribution >= 4 is 111 Å². The Morgan fingerprint density at radius 2 is 1.08 bits per heavy atom. The molecule has 0 unspecified atom stereocenters. The first-order valence-electron chi connectivity index (χ1n) is 40.3. The number of piperidine rings is 2. The van der Waals surface area contributed by atoms with Crippen molar-refractivity contribution in [1.29, 1.82) is 0 Å². The van der Waals surface area contributed by atoms with Crippen LogP contribution >= 0.6 is 34.3 Å².